The third kappa shape index (κ3) is 6.40. The van der Waals surface area contributed by atoms with E-state index in [0.29, 0.717) is 48.0 Å². The maximum Gasteiger partial charge on any atom is 0.255 e. The monoisotopic (exact) mass is 604 g/mol. The van der Waals surface area contributed by atoms with Gasteiger partial charge in [-0.1, -0.05) is 17.7 Å². The molecule has 1 aliphatic carbocycles. The molecule has 0 radical (unpaired) electrons. The van der Waals surface area contributed by atoms with Gasteiger partial charge in [0.15, 0.2) is 0 Å². The molecule has 3 amide bonds. The molecular weight excluding hydrogens is 573 g/mol. The number of sulfone groups is 1. The van der Waals surface area contributed by atoms with E-state index < -0.39 is 69.1 Å². The Morgan fingerprint density at radius 1 is 1.27 bits per heavy atom. The van der Waals surface area contributed by atoms with E-state index >= 15 is 8.78 Å². The Morgan fingerprint density at radius 2 is 2.00 bits per heavy atom. The van der Waals surface area contributed by atoms with E-state index in [0.717, 1.165) is 0 Å². The third-order valence-electron chi connectivity index (χ3n) is 7.91. The summed E-state index contributed by atoms with van der Waals surface area (Å²) >= 11 is 6.14. The highest BCUT2D eigenvalue weighted by molar-refractivity contribution is 7.94. The van der Waals surface area contributed by atoms with Gasteiger partial charge in [-0.15, -0.1) is 0 Å². The Bertz CT molecular complexity index is 1330. The number of halogens is 4. The van der Waals surface area contributed by atoms with Crippen LogP contribution < -0.4 is 16.0 Å². The summed E-state index contributed by atoms with van der Waals surface area (Å²) in [5, 5.41) is 7.01. The second-order valence-electron chi connectivity index (χ2n) is 10.7. The van der Waals surface area contributed by atoms with Crippen LogP contribution >= 0.6 is 11.6 Å². The van der Waals surface area contributed by atoms with Gasteiger partial charge >= 0.3 is 0 Å². The van der Waals surface area contributed by atoms with E-state index in [2.05, 4.69) is 16.0 Å². The van der Waals surface area contributed by atoms with Crippen molar-refractivity contribution in [3.63, 3.8) is 0 Å². The van der Waals surface area contributed by atoms with E-state index in [1.54, 1.807) is 25.1 Å². The molecule has 3 aliphatic heterocycles. The zero-order chi connectivity index (χ0) is 29.4. The first-order chi connectivity index (χ1) is 18.7. The van der Waals surface area contributed by atoms with Crippen molar-refractivity contribution in [1.29, 1.82) is 0 Å². The fourth-order valence-corrected chi connectivity index (χ4v) is 6.41. The molecule has 5 rings (SSSR count). The average Bonchev–Trinajstić information content (AvgIpc) is 3.27. The number of anilines is 1. The van der Waals surface area contributed by atoms with E-state index in [1.807, 2.05) is 0 Å². The molecule has 3 saturated heterocycles. The SMILES string of the molecule is Cc1c(Cl)cccc1NCC(=O)N1[C@H]2CC[C@@H]([C@H]1C(=O)N[C@@H](/C=C(/F)S(C)(=O)=O)C[C@@H]1CCNC1=O)C(F)(F)C2. The largest absolute Gasteiger partial charge is 0.376 e. The number of hydrogen-bond donors (Lipinski definition) is 3. The Hall–Kier alpha value is -2.80. The average molecular weight is 605 g/mol. The van der Waals surface area contributed by atoms with Crippen LogP contribution in [-0.2, 0) is 24.2 Å². The van der Waals surface area contributed by atoms with Crippen LogP contribution in [0, 0.1) is 18.8 Å². The van der Waals surface area contributed by atoms with Crippen LogP contribution in [0.2, 0.25) is 5.02 Å². The summed E-state index contributed by atoms with van der Waals surface area (Å²) < 4.78 is 67.9. The van der Waals surface area contributed by atoms with E-state index in [-0.39, 0.29) is 25.3 Å². The summed E-state index contributed by atoms with van der Waals surface area (Å²) in [5.74, 6) is -7.20. The molecule has 3 heterocycles. The van der Waals surface area contributed by atoms with E-state index in [4.69, 9.17) is 11.6 Å². The molecule has 3 N–H and O–H groups in total. The molecule has 4 aliphatic rings. The summed E-state index contributed by atoms with van der Waals surface area (Å²) in [5.41, 5.74) is 1.27. The Balaban J connectivity index is 1.59. The number of hydrogen-bond acceptors (Lipinski definition) is 6. The molecule has 2 bridgehead atoms. The second kappa shape index (κ2) is 11.6. The smallest absolute Gasteiger partial charge is 0.255 e. The molecule has 9 nitrogen and oxygen atoms in total. The minimum Gasteiger partial charge on any atom is -0.376 e. The Kier molecular flexibility index (Phi) is 8.74. The Morgan fingerprint density at radius 3 is 2.62 bits per heavy atom. The highest BCUT2D eigenvalue weighted by Crippen LogP contribution is 2.49. The van der Waals surface area contributed by atoms with Crippen molar-refractivity contribution >= 4 is 44.8 Å². The highest BCUT2D eigenvalue weighted by Gasteiger charge is 2.60. The van der Waals surface area contributed by atoms with Crippen LogP contribution in [-0.4, -0.2) is 74.4 Å². The minimum atomic E-state index is -4.26. The fourth-order valence-electron chi connectivity index (χ4n) is 5.82. The number of piperidine rings is 2. The molecule has 1 saturated carbocycles. The highest BCUT2D eigenvalue weighted by atomic mass is 35.5. The summed E-state index contributed by atoms with van der Waals surface area (Å²) in [7, 11) is -4.26. The van der Waals surface area contributed by atoms with Crippen LogP contribution in [0.15, 0.2) is 29.4 Å². The van der Waals surface area contributed by atoms with Crippen LogP contribution in [0.1, 0.15) is 37.7 Å². The van der Waals surface area contributed by atoms with Crippen molar-refractivity contribution in [2.75, 3.05) is 24.7 Å². The van der Waals surface area contributed by atoms with Gasteiger partial charge in [0.25, 0.3) is 5.92 Å². The number of alkyl halides is 2. The first-order valence-corrected chi connectivity index (χ1v) is 15.3. The van der Waals surface area contributed by atoms with Crippen molar-refractivity contribution in [2.24, 2.45) is 11.8 Å². The lowest BCUT2D eigenvalue weighted by Gasteiger charge is -2.53. The number of carbonyl (C=O) groups excluding carboxylic acids is 3. The molecule has 1 aromatic carbocycles. The van der Waals surface area contributed by atoms with Crippen LogP contribution in [0.5, 0.6) is 0 Å². The van der Waals surface area contributed by atoms with Gasteiger partial charge in [-0.05, 0) is 56.4 Å². The van der Waals surface area contributed by atoms with Crippen LogP contribution in [0.3, 0.4) is 0 Å². The number of fused-ring (bicyclic) bond motifs is 3. The normalized spacial score (nSPS) is 26.8. The molecule has 14 heteroatoms. The quantitative estimate of drug-likeness (QED) is 0.398. The summed E-state index contributed by atoms with van der Waals surface area (Å²) in [4.78, 5) is 40.3. The van der Waals surface area contributed by atoms with Crippen molar-refractivity contribution in [2.45, 2.75) is 63.1 Å². The maximum absolute atomic E-state index is 15.0. The van der Waals surface area contributed by atoms with Crippen molar-refractivity contribution in [3.05, 3.63) is 40.0 Å². The van der Waals surface area contributed by atoms with Gasteiger partial charge < -0.3 is 20.9 Å². The second-order valence-corrected chi connectivity index (χ2v) is 13.0. The van der Waals surface area contributed by atoms with Gasteiger partial charge in [0.1, 0.15) is 6.04 Å². The van der Waals surface area contributed by atoms with Gasteiger partial charge in [0.2, 0.25) is 32.7 Å². The minimum absolute atomic E-state index is 0.00357. The third-order valence-corrected chi connectivity index (χ3v) is 9.16. The molecule has 4 fully saturated rings. The van der Waals surface area contributed by atoms with Gasteiger partial charge in [-0.25, -0.2) is 17.2 Å². The van der Waals surface area contributed by atoms with Gasteiger partial charge in [0, 0.05) is 41.9 Å². The number of rotatable bonds is 9. The lowest BCUT2D eigenvalue weighted by molar-refractivity contribution is -0.193. The van der Waals surface area contributed by atoms with Crippen molar-refractivity contribution in [1.82, 2.24) is 15.5 Å². The summed E-state index contributed by atoms with van der Waals surface area (Å²) in [6.45, 7) is 1.83. The topological polar surface area (TPSA) is 125 Å². The molecule has 0 unspecified atom stereocenters. The summed E-state index contributed by atoms with van der Waals surface area (Å²) in [6.07, 6.45) is 1.27. The Labute approximate surface area is 235 Å². The fraction of sp³-hybridized carbons (Fsp3) is 0.577. The van der Waals surface area contributed by atoms with Crippen LogP contribution in [0.25, 0.3) is 0 Å². The van der Waals surface area contributed by atoms with Gasteiger partial charge in [-0.2, -0.15) is 4.39 Å². The van der Waals surface area contributed by atoms with Crippen molar-refractivity contribution < 1.29 is 36.0 Å². The zero-order valence-electron chi connectivity index (χ0n) is 22.1. The number of nitrogens with one attached hydrogen (secondary N) is 3. The standard InChI is InChI=1S/C26H32ClF3N4O5S/c1-14-19(27)4-3-5-20(14)32-13-22(35)34-17-6-7-18(26(29,30)12-17)23(34)25(37)33-16(11-21(28)40(2,38)39)10-15-8-9-31-24(15)36/h3-5,11,15-18,23,32H,6-10,12-13H2,1-2H3,(H,31,36)(H,33,37)/b21-11-/t15-,16+,17-,18-,23-/m0/s1. The molecule has 0 aromatic heterocycles. The van der Waals surface area contributed by atoms with Gasteiger partial charge in [-0.3, -0.25) is 14.4 Å². The lowest BCUT2D eigenvalue weighted by atomic mass is 9.71. The van der Waals surface area contributed by atoms with Gasteiger partial charge in [0.05, 0.1) is 18.5 Å². The molecule has 220 valence electrons. The molecule has 5 atom stereocenters. The van der Waals surface area contributed by atoms with Crippen molar-refractivity contribution in [3.8, 4) is 0 Å². The van der Waals surface area contributed by atoms with E-state index in [1.165, 1.54) is 4.90 Å². The number of amides is 3. The molecular formula is C26H32ClF3N4O5S. The predicted octanol–water partition coefficient (Wildman–Crippen LogP) is 2.94. The lowest BCUT2D eigenvalue weighted by Crippen LogP contribution is -2.69. The molecule has 0 spiro atoms. The summed E-state index contributed by atoms with van der Waals surface area (Å²) in [6, 6.07) is 1.34. The molecule has 40 heavy (non-hydrogen) atoms. The van der Waals surface area contributed by atoms with E-state index in [9.17, 15) is 27.2 Å². The predicted molar refractivity (Wildman–Crippen MR) is 143 cm³/mol. The first kappa shape index (κ1) is 30.2. The number of carbonyl (C=O) groups is 3. The van der Waals surface area contributed by atoms with Crippen LogP contribution in [0.4, 0.5) is 18.9 Å². The molecule has 1 aromatic rings. The first-order valence-electron chi connectivity index (χ1n) is 13.0. The number of benzene rings is 1. The zero-order valence-corrected chi connectivity index (χ0v) is 23.6. The number of nitrogens with zero attached hydrogens (tertiary/aromatic N) is 1. The maximum atomic E-state index is 15.0.